The third-order valence-electron chi connectivity index (χ3n) is 6.89. The van der Waals surface area contributed by atoms with Crippen LogP contribution in [0.15, 0.2) is 45.3 Å². The van der Waals surface area contributed by atoms with Crippen molar-refractivity contribution in [3.8, 4) is 0 Å². The average molecular weight is 628 g/mol. The van der Waals surface area contributed by atoms with Crippen LogP contribution in [0, 0.1) is 5.41 Å². The maximum absolute atomic E-state index is 13.7. The molecule has 3 aliphatic rings. The van der Waals surface area contributed by atoms with Crippen LogP contribution in [0.4, 0.5) is 0 Å². The molecule has 1 aromatic rings. The lowest BCUT2D eigenvalue weighted by Gasteiger charge is -2.32. The molecule has 7 atom stereocenters. The number of rotatable bonds is 13. The molecule has 1 aromatic carbocycles. The Bertz CT molecular complexity index is 1230. The van der Waals surface area contributed by atoms with Gasteiger partial charge in [0, 0.05) is 12.3 Å². The van der Waals surface area contributed by atoms with E-state index in [-0.39, 0.29) is 37.2 Å². The van der Waals surface area contributed by atoms with E-state index in [1.807, 2.05) is 30.3 Å². The molecule has 16 heteroatoms. The van der Waals surface area contributed by atoms with Gasteiger partial charge in [0.15, 0.2) is 23.6 Å². The van der Waals surface area contributed by atoms with Crippen LogP contribution in [0.25, 0.3) is 0 Å². The molecule has 4 rings (SSSR count). The number of amidine groups is 1. The van der Waals surface area contributed by atoms with Gasteiger partial charge >= 0.3 is 7.75 Å². The minimum absolute atomic E-state index is 0.0929. The molecular formula is C26H38N5O9PS. The zero-order valence-electron chi connectivity index (χ0n) is 23.9. The summed E-state index contributed by atoms with van der Waals surface area (Å²) >= 11 is 0.961. The highest BCUT2D eigenvalue weighted by molar-refractivity contribution is 8.13. The summed E-state index contributed by atoms with van der Waals surface area (Å²) in [5.41, 5.74) is -0.0828. The second kappa shape index (κ2) is 14.1. The van der Waals surface area contributed by atoms with Crippen LogP contribution in [-0.2, 0) is 34.4 Å². The minimum Gasteiger partial charge on any atom is -0.482 e. The molecule has 42 heavy (non-hydrogen) atoms. The van der Waals surface area contributed by atoms with Crippen LogP contribution in [0.2, 0.25) is 0 Å². The van der Waals surface area contributed by atoms with Crippen molar-refractivity contribution >= 4 is 42.7 Å². The van der Waals surface area contributed by atoms with Gasteiger partial charge in [0.05, 0.1) is 38.7 Å². The Morgan fingerprint density at radius 3 is 2.64 bits per heavy atom. The molecule has 3 heterocycles. The number of nitrogens with one attached hydrogen (secondary N) is 1. The molecule has 1 saturated heterocycles. The zero-order chi connectivity index (χ0) is 30.5. The highest BCUT2D eigenvalue weighted by Crippen LogP contribution is 2.45. The van der Waals surface area contributed by atoms with E-state index in [1.54, 1.807) is 25.7 Å². The largest absolute Gasteiger partial charge is 0.482 e. The van der Waals surface area contributed by atoms with E-state index < -0.39 is 49.9 Å². The van der Waals surface area contributed by atoms with Crippen LogP contribution >= 0.6 is 19.5 Å². The second-order valence-corrected chi connectivity index (χ2v) is 13.5. The standard InChI is InChI=1S/C26H38N5O9PS/c1-16-29-22-19(23(30-16)37-4)27-15-31(22)24-21(34)20(33)18(40-24)13-39-41(36,28-12-17-8-6-5-7-9-17)38-10-11-42-25(35)26(2,3)14-32/h5-9,15,18-22,24,32-34H,10-14H2,1-4H3,(H,28,36)/t18-,19?,20?,21-,22?,24-,41?/m1/s1. The Kier molecular flexibility index (Phi) is 10.9. The van der Waals surface area contributed by atoms with Gasteiger partial charge in [-0.05, 0) is 26.3 Å². The maximum Gasteiger partial charge on any atom is 0.405 e. The lowest BCUT2D eigenvalue weighted by molar-refractivity contribution is -0.119. The Labute approximate surface area is 248 Å². The summed E-state index contributed by atoms with van der Waals surface area (Å²) in [6, 6.07) is 8.69. The molecule has 0 saturated carbocycles. The number of ether oxygens (including phenoxy) is 2. The SMILES string of the molecule is COC1=NC(C)=NC2C1N=CN2[C@@H]1O[C@H](COP(=O)(NCc2ccccc2)OCCSC(=O)C(C)(C)CO)C(O)[C@H]1O. The number of aliphatic hydroxyl groups excluding tert-OH is 3. The lowest BCUT2D eigenvalue weighted by atomic mass is 9.97. The van der Waals surface area contributed by atoms with E-state index in [9.17, 15) is 24.7 Å². The summed E-state index contributed by atoms with van der Waals surface area (Å²) in [5.74, 6) is 1.02. The topological polar surface area (TPSA) is 184 Å². The summed E-state index contributed by atoms with van der Waals surface area (Å²) < 4.78 is 36.3. The van der Waals surface area contributed by atoms with Gasteiger partial charge in [-0.2, -0.15) is 0 Å². The molecule has 4 N–H and O–H groups in total. The van der Waals surface area contributed by atoms with E-state index in [2.05, 4.69) is 20.1 Å². The first kappa shape index (κ1) is 32.7. The van der Waals surface area contributed by atoms with Crippen LogP contribution in [-0.4, -0.2) is 113 Å². The highest BCUT2D eigenvalue weighted by Gasteiger charge is 2.51. The van der Waals surface area contributed by atoms with E-state index >= 15 is 0 Å². The molecule has 0 radical (unpaired) electrons. The van der Waals surface area contributed by atoms with Gasteiger partial charge < -0.3 is 29.7 Å². The van der Waals surface area contributed by atoms with Gasteiger partial charge in [-0.15, -0.1) is 0 Å². The number of nitrogens with zero attached hydrogens (tertiary/aromatic N) is 4. The molecule has 14 nitrogen and oxygen atoms in total. The number of fused-ring (bicyclic) bond motifs is 1. The number of hydrogen-bond acceptors (Lipinski definition) is 14. The summed E-state index contributed by atoms with van der Waals surface area (Å²) in [6.45, 7) is 4.38. The van der Waals surface area contributed by atoms with Crippen molar-refractivity contribution in [2.24, 2.45) is 20.4 Å². The average Bonchev–Trinajstić information content (AvgIpc) is 3.53. The van der Waals surface area contributed by atoms with Crippen molar-refractivity contribution in [1.82, 2.24) is 9.99 Å². The van der Waals surface area contributed by atoms with Gasteiger partial charge in [0.1, 0.15) is 24.1 Å². The van der Waals surface area contributed by atoms with Crippen LogP contribution < -0.4 is 5.09 Å². The minimum atomic E-state index is -3.97. The highest BCUT2D eigenvalue weighted by atomic mass is 32.2. The number of aliphatic imine (C=N–C) groups is 3. The van der Waals surface area contributed by atoms with Crippen LogP contribution in [0.5, 0.6) is 0 Å². The Morgan fingerprint density at radius 1 is 1.21 bits per heavy atom. The molecule has 0 aromatic heterocycles. The fourth-order valence-corrected chi connectivity index (χ4v) is 6.60. The smallest absolute Gasteiger partial charge is 0.405 e. The molecule has 1 fully saturated rings. The number of aliphatic hydroxyl groups is 3. The summed E-state index contributed by atoms with van der Waals surface area (Å²) in [4.78, 5) is 27.0. The van der Waals surface area contributed by atoms with Crippen molar-refractivity contribution in [3.63, 3.8) is 0 Å². The van der Waals surface area contributed by atoms with Crippen LogP contribution in [0.1, 0.15) is 26.3 Å². The summed E-state index contributed by atoms with van der Waals surface area (Å²) in [5, 5.41) is 33.6. The van der Waals surface area contributed by atoms with Crippen molar-refractivity contribution in [2.45, 2.75) is 64.1 Å². The molecule has 232 valence electrons. The van der Waals surface area contributed by atoms with Crippen molar-refractivity contribution in [2.75, 3.05) is 32.7 Å². The van der Waals surface area contributed by atoms with Crippen molar-refractivity contribution in [1.29, 1.82) is 0 Å². The normalized spacial score (nSPS) is 28.7. The molecule has 0 aliphatic carbocycles. The number of hydrogen-bond donors (Lipinski definition) is 4. The van der Waals surface area contributed by atoms with Crippen LogP contribution in [0.3, 0.4) is 0 Å². The zero-order valence-corrected chi connectivity index (χ0v) is 25.6. The maximum atomic E-state index is 13.7. The third-order valence-corrected chi connectivity index (χ3v) is 9.63. The molecule has 0 bridgehead atoms. The molecule has 3 aliphatic heterocycles. The van der Waals surface area contributed by atoms with Gasteiger partial charge in [0.2, 0.25) is 5.90 Å². The van der Waals surface area contributed by atoms with E-state index in [0.717, 1.165) is 17.3 Å². The fraction of sp³-hybridized carbons (Fsp3) is 0.615. The van der Waals surface area contributed by atoms with Crippen molar-refractivity contribution < 1.29 is 43.2 Å². The number of methoxy groups -OCH3 is 1. The van der Waals surface area contributed by atoms with E-state index in [1.165, 1.54) is 13.4 Å². The van der Waals surface area contributed by atoms with Gasteiger partial charge in [-0.3, -0.25) is 18.8 Å². The quantitative estimate of drug-likeness (QED) is 0.181. The number of carbonyl (C=O) groups excluding carboxylic acids is 1. The number of thioether (sulfide) groups is 1. The summed E-state index contributed by atoms with van der Waals surface area (Å²) in [6.07, 6.45) is -3.90. The first-order valence-electron chi connectivity index (χ1n) is 13.4. The summed E-state index contributed by atoms with van der Waals surface area (Å²) in [7, 11) is -2.48. The van der Waals surface area contributed by atoms with Gasteiger partial charge in [-0.25, -0.2) is 19.6 Å². The van der Waals surface area contributed by atoms with Gasteiger partial charge in [0.25, 0.3) is 0 Å². The molecule has 4 unspecified atom stereocenters. The lowest BCUT2D eigenvalue weighted by Crippen LogP contribution is -2.50. The number of carbonyl (C=O) groups is 1. The fourth-order valence-electron chi connectivity index (χ4n) is 4.36. The first-order valence-corrected chi connectivity index (χ1v) is 16.0. The Morgan fingerprint density at radius 2 is 1.95 bits per heavy atom. The number of benzene rings is 1. The monoisotopic (exact) mass is 627 g/mol. The van der Waals surface area contributed by atoms with Crippen molar-refractivity contribution in [3.05, 3.63) is 35.9 Å². The second-order valence-electron chi connectivity index (χ2n) is 10.6. The first-order chi connectivity index (χ1) is 20.0. The third kappa shape index (κ3) is 7.65. The van der Waals surface area contributed by atoms with Gasteiger partial charge in [-0.1, -0.05) is 42.1 Å². The predicted molar refractivity (Wildman–Crippen MR) is 157 cm³/mol. The molecular weight excluding hydrogens is 589 g/mol. The van der Waals surface area contributed by atoms with E-state index in [0.29, 0.717) is 11.7 Å². The molecule has 0 spiro atoms. The molecule has 0 amide bonds. The Hall–Kier alpha value is -2.20. The predicted octanol–water partition coefficient (Wildman–Crippen LogP) is 1.16. The Balaban J connectivity index is 1.38. The van der Waals surface area contributed by atoms with E-state index in [4.69, 9.17) is 18.5 Å².